The number of nitrogens with one attached hydrogen (secondary N) is 1. The van der Waals surface area contributed by atoms with Crippen molar-refractivity contribution in [1.82, 2.24) is 15.1 Å². The van der Waals surface area contributed by atoms with Crippen LogP contribution in [0, 0.1) is 0 Å². The molecule has 0 bridgehead atoms. The Hall–Kier alpha value is -1.04. The Bertz CT molecular complexity index is 377. The summed E-state index contributed by atoms with van der Waals surface area (Å²) < 4.78 is 36.2. The second-order valence-electron chi connectivity index (χ2n) is 5.63. The molecule has 0 saturated heterocycles. The van der Waals surface area contributed by atoms with Gasteiger partial charge in [-0.05, 0) is 13.1 Å². The molecule has 0 spiro atoms. The van der Waals surface area contributed by atoms with E-state index >= 15 is 0 Å². The minimum absolute atomic E-state index is 0.00658. The maximum absolute atomic E-state index is 12.1. The van der Waals surface area contributed by atoms with E-state index in [4.69, 9.17) is 0 Å². The van der Waals surface area contributed by atoms with E-state index in [0.717, 1.165) is 11.4 Å². The van der Waals surface area contributed by atoms with E-state index in [0.29, 0.717) is 6.54 Å². The minimum Gasteiger partial charge on any atom is -0.300 e. The molecule has 104 valence electrons. The van der Waals surface area contributed by atoms with Gasteiger partial charge in [0.1, 0.15) is 0 Å². The maximum Gasteiger partial charge on any atom is 0.390 e. The Morgan fingerprint density at radius 1 is 1.28 bits per heavy atom. The number of aromatic nitrogens is 2. The second-order valence-corrected chi connectivity index (χ2v) is 5.63. The van der Waals surface area contributed by atoms with Crippen LogP contribution >= 0.6 is 0 Å². The molecule has 1 aromatic heterocycles. The molecule has 0 saturated carbocycles. The number of hydrogen-bond acceptors (Lipinski definition) is 2. The van der Waals surface area contributed by atoms with Crippen LogP contribution in [0.2, 0.25) is 0 Å². The van der Waals surface area contributed by atoms with Gasteiger partial charge in [-0.1, -0.05) is 20.8 Å². The van der Waals surface area contributed by atoms with Gasteiger partial charge in [0.05, 0.1) is 12.1 Å². The molecule has 0 radical (unpaired) electrons. The van der Waals surface area contributed by atoms with E-state index in [1.807, 2.05) is 26.8 Å². The third-order valence-corrected chi connectivity index (χ3v) is 2.62. The van der Waals surface area contributed by atoms with Crippen molar-refractivity contribution in [2.24, 2.45) is 0 Å². The Morgan fingerprint density at radius 2 is 1.89 bits per heavy atom. The van der Waals surface area contributed by atoms with Gasteiger partial charge in [0, 0.05) is 24.2 Å². The third kappa shape index (κ3) is 5.08. The average Bonchev–Trinajstić information content (AvgIpc) is 2.61. The van der Waals surface area contributed by atoms with Gasteiger partial charge in [-0.15, -0.1) is 0 Å². The van der Waals surface area contributed by atoms with Crippen molar-refractivity contribution in [3.8, 4) is 0 Å². The fourth-order valence-corrected chi connectivity index (χ4v) is 1.51. The normalized spacial score (nSPS) is 13.3. The van der Waals surface area contributed by atoms with E-state index in [-0.39, 0.29) is 12.0 Å². The first-order valence-electron chi connectivity index (χ1n) is 5.88. The Kier molecular flexibility index (Phi) is 4.42. The molecular formula is C12H20F3N3. The van der Waals surface area contributed by atoms with Gasteiger partial charge >= 0.3 is 6.18 Å². The number of nitrogens with zero attached hydrogens (tertiary/aromatic N) is 2. The molecule has 1 aromatic rings. The highest BCUT2D eigenvalue weighted by Gasteiger charge is 2.27. The summed E-state index contributed by atoms with van der Waals surface area (Å²) >= 11 is 0. The Morgan fingerprint density at radius 3 is 2.33 bits per heavy atom. The molecule has 1 N–H and O–H groups in total. The molecule has 6 heteroatoms. The second kappa shape index (κ2) is 5.30. The number of hydrogen-bond donors (Lipinski definition) is 1. The monoisotopic (exact) mass is 263 g/mol. The van der Waals surface area contributed by atoms with E-state index in [1.54, 1.807) is 11.9 Å². The minimum atomic E-state index is -4.10. The lowest BCUT2D eigenvalue weighted by Gasteiger charge is -2.16. The standard InChI is InChI=1S/C12H20F3N3/c1-11(2,3)10-7-9(16-17-10)8-18(4)6-5-12(13,14)15/h7H,5-6,8H2,1-4H3,(H,16,17). The number of halogens is 3. The van der Waals surface area contributed by atoms with Crippen molar-refractivity contribution in [1.29, 1.82) is 0 Å². The van der Waals surface area contributed by atoms with Crippen molar-refractivity contribution in [3.05, 3.63) is 17.5 Å². The zero-order valence-electron chi connectivity index (χ0n) is 11.2. The zero-order valence-corrected chi connectivity index (χ0v) is 11.2. The molecule has 0 unspecified atom stereocenters. The van der Waals surface area contributed by atoms with Crippen molar-refractivity contribution < 1.29 is 13.2 Å². The molecule has 0 atom stereocenters. The number of aromatic amines is 1. The predicted molar refractivity (Wildman–Crippen MR) is 64.3 cm³/mol. The third-order valence-electron chi connectivity index (χ3n) is 2.62. The highest BCUT2D eigenvalue weighted by molar-refractivity contribution is 5.16. The van der Waals surface area contributed by atoms with Crippen LogP contribution in [-0.2, 0) is 12.0 Å². The quantitative estimate of drug-likeness (QED) is 0.905. The van der Waals surface area contributed by atoms with E-state index in [1.165, 1.54) is 0 Å². The SMILES string of the molecule is CN(CCC(F)(F)F)Cc1cc(C(C)(C)C)n[nH]1. The molecule has 1 heterocycles. The first-order chi connectivity index (χ1) is 8.08. The molecule has 0 aliphatic heterocycles. The van der Waals surface area contributed by atoms with Gasteiger partial charge in [0.25, 0.3) is 0 Å². The maximum atomic E-state index is 12.1. The lowest BCUT2D eigenvalue weighted by Crippen LogP contribution is -2.24. The first-order valence-corrected chi connectivity index (χ1v) is 5.88. The van der Waals surface area contributed by atoms with Crippen LogP contribution in [0.1, 0.15) is 38.6 Å². The average molecular weight is 263 g/mol. The number of rotatable bonds is 4. The lowest BCUT2D eigenvalue weighted by molar-refractivity contribution is -0.137. The molecular weight excluding hydrogens is 243 g/mol. The van der Waals surface area contributed by atoms with Gasteiger partial charge in [0.15, 0.2) is 0 Å². The number of alkyl halides is 3. The fourth-order valence-electron chi connectivity index (χ4n) is 1.51. The zero-order chi connectivity index (χ0) is 14.0. The molecule has 0 aliphatic rings. The summed E-state index contributed by atoms with van der Waals surface area (Å²) in [4.78, 5) is 1.63. The number of H-pyrrole nitrogens is 1. The largest absolute Gasteiger partial charge is 0.390 e. The molecule has 0 amide bonds. The van der Waals surface area contributed by atoms with Crippen LogP contribution < -0.4 is 0 Å². The Balaban J connectivity index is 2.50. The summed E-state index contributed by atoms with van der Waals surface area (Å²) in [5, 5.41) is 7.04. The van der Waals surface area contributed by atoms with E-state index in [2.05, 4.69) is 10.2 Å². The molecule has 0 aliphatic carbocycles. The summed E-state index contributed by atoms with van der Waals surface area (Å²) in [5.41, 5.74) is 1.70. The van der Waals surface area contributed by atoms with Crippen molar-refractivity contribution in [2.45, 2.75) is 45.3 Å². The summed E-state index contributed by atoms with van der Waals surface area (Å²) in [6, 6.07) is 1.91. The van der Waals surface area contributed by atoms with Gasteiger partial charge < -0.3 is 4.90 Å². The molecule has 0 fully saturated rings. The van der Waals surface area contributed by atoms with Gasteiger partial charge in [-0.25, -0.2) is 0 Å². The topological polar surface area (TPSA) is 31.9 Å². The summed E-state index contributed by atoms with van der Waals surface area (Å²) in [5.74, 6) is 0. The summed E-state index contributed by atoms with van der Waals surface area (Å²) in [6.45, 7) is 6.56. The van der Waals surface area contributed by atoms with Crippen LogP contribution in [0.5, 0.6) is 0 Å². The molecule has 18 heavy (non-hydrogen) atoms. The highest BCUT2D eigenvalue weighted by Crippen LogP contribution is 2.22. The molecule has 0 aromatic carbocycles. The van der Waals surface area contributed by atoms with E-state index in [9.17, 15) is 13.2 Å². The van der Waals surface area contributed by atoms with Crippen LogP contribution in [-0.4, -0.2) is 34.9 Å². The first kappa shape index (κ1) is 15.0. The summed E-state index contributed by atoms with van der Waals surface area (Å²) in [7, 11) is 1.67. The van der Waals surface area contributed by atoms with Crippen molar-refractivity contribution >= 4 is 0 Å². The predicted octanol–water partition coefficient (Wildman–Crippen LogP) is 3.09. The smallest absolute Gasteiger partial charge is 0.300 e. The van der Waals surface area contributed by atoms with Gasteiger partial charge in [0.2, 0.25) is 0 Å². The van der Waals surface area contributed by atoms with E-state index < -0.39 is 12.6 Å². The van der Waals surface area contributed by atoms with Crippen LogP contribution in [0.15, 0.2) is 6.07 Å². The van der Waals surface area contributed by atoms with Crippen LogP contribution in [0.3, 0.4) is 0 Å². The Labute approximate surface area is 105 Å². The lowest BCUT2D eigenvalue weighted by atomic mass is 9.92. The highest BCUT2D eigenvalue weighted by atomic mass is 19.4. The van der Waals surface area contributed by atoms with Crippen molar-refractivity contribution in [2.75, 3.05) is 13.6 Å². The van der Waals surface area contributed by atoms with Crippen molar-refractivity contribution in [3.63, 3.8) is 0 Å². The molecule has 3 nitrogen and oxygen atoms in total. The van der Waals surface area contributed by atoms with Crippen LogP contribution in [0.25, 0.3) is 0 Å². The fraction of sp³-hybridized carbons (Fsp3) is 0.750. The van der Waals surface area contributed by atoms with Crippen LogP contribution in [0.4, 0.5) is 13.2 Å². The molecule has 1 rings (SSSR count). The van der Waals surface area contributed by atoms with Gasteiger partial charge in [-0.3, -0.25) is 5.10 Å². The van der Waals surface area contributed by atoms with Gasteiger partial charge in [-0.2, -0.15) is 18.3 Å². The summed E-state index contributed by atoms with van der Waals surface area (Å²) in [6.07, 6.45) is -4.89.